The molecule has 0 aliphatic heterocycles. The van der Waals surface area contributed by atoms with Crippen LogP contribution in [0.1, 0.15) is 12.8 Å². The Morgan fingerprint density at radius 1 is 0.171 bits per heavy atom. The molecule has 10 aromatic rings. The molecule has 0 aromatic heterocycles. The zero-order valence-corrected chi connectivity index (χ0v) is 43.5. The molecule has 0 saturated carbocycles. The van der Waals surface area contributed by atoms with Crippen LogP contribution in [0.15, 0.2) is 303 Å². The second-order valence-corrected chi connectivity index (χ2v) is 33.8. The van der Waals surface area contributed by atoms with E-state index in [1.807, 2.05) is 0 Å². The lowest BCUT2D eigenvalue weighted by Gasteiger charge is -2.36. The van der Waals surface area contributed by atoms with Crippen LogP contribution >= 0.6 is 29.0 Å². The quantitative estimate of drug-likeness (QED) is 0.0559. The monoisotopic (exact) mass is 978 g/mol. The van der Waals surface area contributed by atoms with Crippen molar-refractivity contribution in [3.8, 4) is 0 Å². The van der Waals surface area contributed by atoms with Crippen molar-refractivity contribution in [1.29, 1.82) is 0 Å². The van der Waals surface area contributed by atoms with Gasteiger partial charge in [-0.3, -0.25) is 0 Å². The van der Waals surface area contributed by atoms with E-state index in [0.717, 1.165) is 37.0 Å². The Kier molecular flexibility index (Phi) is 15.2. The van der Waals surface area contributed by atoms with Gasteiger partial charge in [-0.1, -0.05) is 182 Å². The summed E-state index contributed by atoms with van der Waals surface area (Å²) in [7, 11) is -8.82. The standard InChI is InChI=1S/C66H62P4/c1-11-33-57(34-12-1)67(58-35-13-2-14-36-58,55-69(61-41-19-5-20-42-61,62-43-21-6-22-44-62)63-45-23-7-24-46-63)53-31-32-54-68(59-37-15-3-16-38-59,60-39-17-4-18-40-60)56-70(64-47-25-8-26-48-64,65-49-27-9-28-50-65)66-51-29-10-30-52-66/h1-30,33-52H,31-32,53-56H2/q+4. The van der Waals surface area contributed by atoms with Crippen LogP contribution in [0.3, 0.4) is 0 Å². The third-order valence-corrected chi connectivity index (χ3v) is 36.1. The minimum Gasteiger partial charge on any atom is -0.0620 e. The maximum atomic E-state index is 2.47. The van der Waals surface area contributed by atoms with Crippen LogP contribution < -0.4 is 53.0 Å². The van der Waals surface area contributed by atoms with E-state index in [1.165, 1.54) is 53.0 Å². The van der Waals surface area contributed by atoms with E-state index in [1.54, 1.807) is 0 Å². The Morgan fingerprint density at radius 3 is 0.471 bits per heavy atom. The van der Waals surface area contributed by atoms with Gasteiger partial charge in [0.1, 0.15) is 82.1 Å². The van der Waals surface area contributed by atoms with Crippen LogP contribution in [0.4, 0.5) is 0 Å². The molecule has 4 heteroatoms. The van der Waals surface area contributed by atoms with Crippen molar-refractivity contribution in [2.24, 2.45) is 0 Å². The van der Waals surface area contributed by atoms with Crippen LogP contribution in [-0.4, -0.2) is 24.1 Å². The van der Waals surface area contributed by atoms with Gasteiger partial charge in [-0.05, 0) is 134 Å². The van der Waals surface area contributed by atoms with E-state index in [4.69, 9.17) is 0 Å². The smallest absolute Gasteiger partial charge is 0.0620 e. The Bertz CT molecular complexity index is 2620. The lowest BCUT2D eigenvalue weighted by atomic mass is 10.4. The minimum absolute atomic E-state index is 1.08. The molecule has 0 heterocycles. The summed E-state index contributed by atoms with van der Waals surface area (Å²) in [5.41, 5.74) is 0. The second-order valence-electron chi connectivity index (χ2n) is 18.3. The molecule has 70 heavy (non-hydrogen) atoms. The van der Waals surface area contributed by atoms with Gasteiger partial charge in [0.2, 0.25) is 0 Å². The van der Waals surface area contributed by atoms with Gasteiger partial charge in [0.05, 0.1) is 12.3 Å². The fourth-order valence-electron chi connectivity index (χ4n) is 11.1. The highest BCUT2D eigenvalue weighted by atomic mass is 31.2. The van der Waals surface area contributed by atoms with Crippen molar-refractivity contribution in [2.45, 2.75) is 12.8 Å². The summed E-state index contributed by atoms with van der Waals surface area (Å²) in [5.74, 6) is 2.16. The summed E-state index contributed by atoms with van der Waals surface area (Å²) in [6.45, 7) is 0. The molecule has 10 aromatic carbocycles. The van der Waals surface area contributed by atoms with Crippen LogP contribution in [0, 0.1) is 0 Å². The molecule has 342 valence electrons. The molecular formula is C66H62P4+4. The molecule has 0 saturated heterocycles. The lowest BCUT2D eigenvalue weighted by Crippen LogP contribution is -2.39. The van der Waals surface area contributed by atoms with Gasteiger partial charge >= 0.3 is 0 Å². The van der Waals surface area contributed by atoms with E-state index >= 15 is 0 Å². The first-order valence-corrected chi connectivity index (χ1v) is 33.0. The van der Waals surface area contributed by atoms with Crippen molar-refractivity contribution < 1.29 is 0 Å². The van der Waals surface area contributed by atoms with Crippen molar-refractivity contribution >= 4 is 82.1 Å². The Balaban J connectivity index is 1.15. The van der Waals surface area contributed by atoms with E-state index < -0.39 is 29.0 Å². The Hall–Kier alpha value is -6.08. The largest absolute Gasteiger partial charge is 0.183 e. The van der Waals surface area contributed by atoms with Gasteiger partial charge in [0.25, 0.3) is 0 Å². The van der Waals surface area contributed by atoms with E-state index in [9.17, 15) is 0 Å². The zero-order valence-electron chi connectivity index (χ0n) is 39.9. The van der Waals surface area contributed by atoms with Gasteiger partial charge < -0.3 is 0 Å². The highest BCUT2D eigenvalue weighted by Crippen LogP contribution is 2.74. The highest BCUT2D eigenvalue weighted by molar-refractivity contribution is 8.08. The summed E-state index contributed by atoms with van der Waals surface area (Å²) in [5, 5.41) is 14.7. The highest BCUT2D eigenvalue weighted by Gasteiger charge is 2.60. The predicted octanol–water partition coefficient (Wildman–Crippen LogP) is 13.0. The second kappa shape index (κ2) is 22.3. The fraction of sp³-hybridized carbons (Fsp3) is 0.0909. The molecular weight excluding hydrogens is 917 g/mol. The molecule has 0 aliphatic carbocycles. The minimum atomic E-state index is -2.25. The zero-order chi connectivity index (χ0) is 47.4. The molecule has 0 bridgehead atoms. The molecule has 0 N–H and O–H groups in total. The number of hydrogen-bond acceptors (Lipinski definition) is 0. The maximum absolute atomic E-state index is 2.47. The Labute approximate surface area is 419 Å². The average Bonchev–Trinajstić information content (AvgIpc) is 3.46. The summed E-state index contributed by atoms with van der Waals surface area (Å²) >= 11 is 0. The molecule has 0 nitrogen and oxygen atoms in total. The summed E-state index contributed by atoms with van der Waals surface area (Å²) in [6.07, 6.45) is 4.47. The molecule has 0 aliphatic rings. The predicted molar refractivity (Wildman–Crippen MR) is 317 cm³/mol. The number of rotatable bonds is 19. The van der Waals surface area contributed by atoms with Gasteiger partial charge in [0, 0.05) is 0 Å². The fourth-order valence-corrected chi connectivity index (χ4v) is 36.6. The van der Waals surface area contributed by atoms with E-state index in [-0.39, 0.29) is 0 Å². The van der Waals surface area contributed by atoms with Crippen LogP contribution in [0.2, 0.25) is 0 Å². The van der Waals surface area contributed by atoms with Gasteiger partial charge in [0.15, 0.2) is 11.8 Å². The van der Waals surface area contributed by atoms with Gasteiger partial charge in [-0.2, -0.15) is 0 Å². The SMILES string of the molecule is c1ccc([P+](CCCC[P+](C[P+](c2ccccc2)(c2ccccc2)c2ccccc2)(c2ccccc2)c2ccccc2)(C[P+](c2ccccc2)(c2ccccc2)c2ccccc2)c2ccccc2)cc1. The molecule has 0 amide bonds. The van der Waals surface area contributed by atoms with Crippen molar-refractivity contribution in [3.05, 3.63) is 303 Å². The first kappa shape index (κ1) is 47.6. The lowest BCUT2D eigenvalue weighted by molar-refractivity contribution is 0.895. The van der Waals surface area contributed by atoms with E-state index in [2.05, 4.69) is 303 Å². The molecule has 10 rings (SSSR count). The molecule has 0 unspecified atom stereocenters. The average molecular weight is 979 g/mol. The Morgan fingerprint density at radius 2 is 0.314 bits per heavy atom. The first-order valence-electron chi connectivity index (χ1n) is 24.7. The summed E-state index contributed by atoms with van der Waals surface area (Å²) in [4.78, 5) is 0. The topological polar surface area (TPSA) is 0 Å². The molecule has 0 radical (unpaired) electrons. The van der Waals surface area contributed by atoms with Crippen LogP contribution in [0.5, 0.6) is 0 Å². The summed E-state index contributed by atoms with van der Waals surface area (Å²) < 4.78 is 0. The van der Waals surface area contributed by atoms with Crippen LogP contribution in [-0.2, 0) is 0 Å². The molecule has 0 spiro atoms. The third kappa shape index (κ3) is 9.57. The van der Waals surface area contributed by atoms with Crippen molar-refractivity contribution in [3.63, 3.8) is 0 Å². The van der Waals surface area contributed by atoms with Crippen LogP contribution in [0.25, 0.3) is 0 Å². The van der Waals surface area contributed by atoms with Crippen molar-refractivity contribution in [2.75, 3.05) is 24.1 Å². The molecule has 0 fully saturated rings. The number of hydrogen-bond donors (Lipinski definition) is 0. The van der Waals surface area contributed by atoms with Crippen molar-refractivity contribution in [1.82, 2.24) is 0 Å². The summed E-state index contributed by atoms with van der Waals surface area (Å²) in [6, 6.07) is 116. The number of benzene rings is 10. The molecule has 0 atom stereocenters. The van der Waals surface area contributed by atoms with Gasteiger partial charge in [-0.15, -0.1) is 0 Å². The third-order valence-electron chi connectivity index (χ3n) is 14.4. The normalized spacial score (nSPS) is 12.1. The first-order chi connectivity index (χ1) is 34.7. The van der Waals surface area contributed by atoms with Gasteiger partial charge in [-0.25, -0.2) is 0 Å². The van der Waals surface area contributed by atoms with E-state index in [0.29, 0.717) is 0 Å². The number of unbranched alkanes of at least 4 members (excludes halogenated alkanes) is 1. The maximum Gasteiger partial charge on any atom is 0.183 e.